The third-order valence-corrected chi connectivity index (χ3v) is 4.69. The Labute approximate surface area is 120 Å². The summed E-state index contributed by atoms with van der Waals surface area (Å²) in [6.45, 7) is 6.02. The van der Waals surface area contributed by atoms with Gasteiger partial charge < -0.3 is 10.5 Å². The fraction of sp³-hybridized carbons (Fsp3) is 0.600. The first-order valence-electron chi connectivity index (χ1n) is 7.03. The van der Waals surface area contributed by atoms with Crippen molar-refractivity contribution in [3.8, 4) is 5.75 Å². The van der Waals surface area contributed by atoms with Crippen LogP contribution < -0.4 is 10.5 Å². The zero-order chi connectivity index (χ0) is 13.5. The van der Waals surface area contributed by atoms with Crippen LogP contribution in [0.4, 0.5) is 0 Å². The molecule has 0 radical (unpaired) electrons. The highest BCUT2D eigenvalue weighted by Crippen LogP contribution is 2.16. The number of hydrogen-bond acceptors (Lipinski definition) is 4. The van der Waals surface area contributed by atoms with Crippen LogP contribution in [0.5, 0.6) is 5.75 Å². The van der Waals surface area contributed by atoms with Gasteiger partial charge in [-0.3, -0.25) is 4.90 Å². The number of thioether (sulfide) groups is 1. The van der Waals surface area contributed by atoms with Crippen molar-refractivity contribution in [3.05, 3.63) is 29.8 Å². The number of ether oxygens (including phenoxy) is 1. The number of nitrogens with two attached hydrogens (primary N) is 1. The molecule has 1 fully saturated rings. The summed E-state index contributed by atoms with van der Waals surface area (Å²) in [5, 5.41) is 0. The standard InChI is InChI=1S/C15H24N2OS/c1-13-12-19-9-7-17(13)6-3-8-18-15-5-2-4-14(10-15)11-16/h2,4-5,10,13H,3,6-9,11-12,16H2,1H3. The van der Waals surface area contributed by atoms with E-state index in [1.807, 2.05) is 24.3 Å². The van der Waals surface area contributed by atoms with Crippen molar-refractivity contribution in [2.24, 2.45) is 5.73 Å². The molecular formula is C15H24N2OS. The van der Waals surface area contributed by atoms with E-state index in [4.69, 9.17) is 10.5 Å². The van der Waals surface area contributed by atoms with Crippen molar-refractivity contribution >= 4 is 11.8 Å². The van der Waals surface area contributed by atoms with Gasteiger partial charge >= 0.3 is 0 Å². The first-order chi connectivity index (χ1) is 9.29. The highest BCUT2D eigenvalue weighted by molar-refractivity contribution is 7.99. The Balaban J connectivity index is 1.68. The largest absolute Gasteiger partial charge is 0.494 e. The van der Waals surface area contributed by atoms with Crippen LogP contribution in [0.1, 0.15) is 18.9 Å². The molecule has 4 heteroatoms. The molecule has 3 nitrogen and oxygen atoms in total. The van der Waals surface area contributed by atoms with Crippen LogP contribution in [0.2, 0.25) is 0 Å². The summed E-state index contributed by atoms with van der Waals surface area (Å²) in [4.78, 5) is 2.57. The van der Waals surface area contributed by atoms with Crippen molar-refractivity contribution in [2.45, 2.75) is 25.9 Å². The molecule has 0 spiro atoms. The van der Waals surface area contributed by atoms with Gasteiger partial charge in [0.05, 0.1) is 6.61 Å². The monoisotopic (exact) mass is 280 g/mol. The Bertz CT molecular complexity index is 386. The highest BCUT2D eigenvalue weighted by Gasteiger charge is 2.17. The lowest BCUT2D eigenvalue weighted by molar-refractivity contribution is 0.206. The molecular weight excluding hydrogens is 256 g/mol. The molecule has 2 N–H and O–H groups in total. The summed E-state index contributed by atoms with van der Waals surface area (Å²) in [6.07, 6.45) is 1.09. The average molecular weight is 280 g/mol. The van der Waals surface area contributed by atoms with Gasteiger partial charge in [-0.1, -0.05) is 12.1 Å². The minimum absolute atomic E-state index is 0.570. The summed E-state index contributed by atoms with van der Waals surface area (Å²) in [5.41, 5.74) is 6.75. The van der Waals surface area contributed by atoms with Crippen molar-refractivity contribution in [3.63, 3.8) is 0 Å². The molecule has 0 amide bonds. The van der Waals surface area contributed by atoms with Gasteiger partial charge in [0.1, 0.15) is 5.75 Å². The Kier molecular flexibility index (Phi) is 6.01. The number of benzene rings is 1. The van der Waals surface area contributed by atoms with Crippen molar-refractivity contribution in [1.82, 2.24) is 4.90 Å². The molecule has 0 aliphatic carbocycles. The van der Waals surface area contributed by atoms with Crippen molar-refractivity contribution in [1.29, 1.82) is 0 Å². The molecule has 1 saturated heterocycles. The Morgan fingerprint density at radius 3 is 3.16 bits per heavy atom. The second-order valence-corrected chi connectivity index (χ2v) is 6.16. The summed E-state index contributed by atoms with van der Waals surface area (Å²) >= 11 is 2.06. The van der Waals surface area contributed by atoms with Crippen LogP contribution >= 0.6 is 11.8 Å². The molecule has 1 aromatic rings. The number of hydrogen-bond donors (Lipinski definition) is 1. The Morgan fingerprint density at radius 1 is 1.47 bits per heavy atom. The van der Waals surface area contributed by atoms with Gasteiger partial charge in [-0.05, 0) is 31.0 Å². The van der Waals surface area contributed by atoms with E-state index in [1.165, 1.54) is 18.1 Å². The van der Waals surface area contributed by atoms with Gasteiger partial charge in [-0.2, -0.15) is 11.8 Å². The number of nitrogens with zero attached hydrogens (tertiary/aromatic N) is 1. The predicted octanol–water partition coefficient (Wildman–Crippen LogP) is 2.35. The second kappa shape index (κ2) is 7.78. The topological polar surface area (TPSA) is 38.5 Å². The summed E-state index contributed by atoms with van der Waals surface area (Å²) < 4.78 is 5.79. The van der Waals surface area contributed by atoms with E-state index >= 15 is 0 Å². The molecule has 106 valence electrons. The minimum Gasteiger partial charge on any atom is -0.494 e. The molecule has 0 aromatic heterocycles. The fourth-order valence-electron chi connectivity index (χ4n) is 2.31. The molecule has 1 aromatic carbocycles. The zero-order valence-corrected chi connectivity index (χ0v) is 12.5. The van der Waals surface area contributed by atoms with Gasteiger partial charge in [0.15, 0.2) is 0 Å². The molecule has 1 aliphatic rings. The van der Waals surface area contributed by atoms with Crippen LogP contribution in [-0.2, 0) is 6.54 Å². The van der Waals surface area contributed by atoms with Gasteiger partial charge in [0.2, 0.25) is 0 Å². The molecule has 0 saturated carbocycles. The second-order valence-electron chi connectivity index (χ2n) is 5.01. The van der Waals surface area contributed by atoms with Crippen LogP contribution in [0, 0.1) is 0 Å². The lowest BCUT2D eigenvalue weighted by Crippen LogP contribution is -2.41. The SMILES string of the molecule is CC1CSCCN1CCCOc1cccc(CN)c1. The number of rotatable bonds is 6. The maximum atomic E-state index is 5.79. The first-order valence-corrected chi connectivity index (χ1v) is 8.18. The smallest absolute Gasteiger partial charge is 0.119 e. The van der Waals surface area contributed by atoms with Crippen molar-refractivity contribution in [2.75, 3.05) is 31.2 Å². The first kappa shape index (κ1) is 14.7. The molecule has 1 unspecified atom stereocenters. The summed E-state index contributed by atoms with van der Waals surface area (Å²) in [5.74, 6) is 3.47. The van der Waals surface area contributed by atoms with E-state index in [0.717, 1.165) is 30.9 Å². The van der Waals surface area contributed by atoms with Crippen LogP contribution in [0.3, 0.4) is 0 Å². The van der Waals surface area contributed by atoms with Gasteiger partial charge in [-0.15, -0.1) is 0 Å². The molecule has 0 bridgehead atoms. The normalized spacial score (nSPS) is 20.4. The lowest BCUT2D eigenvalue weighted by atomic mass is 10.2. The molecule has 1 atom stereocenters. The van der Waals surface area contributed by atoms with Crippen molar-refractivity contribution < 1.29 is 4.74 Å². The van der Waals surface area contributed by atoms with Crippen LogP contribution in [0.25, 0.3) is 0 Å². The Hall–Kier alpha value is -0.710. The zero-order valence-electron chi connectivity index (χ0n) is 11.7. The Morgan fingerprint density at radius 2 is 2.37 bits per heavy atom. The van der Waals surface area contributed by atoms with Gasteiger partial charge in [0.25, 0.3) is 0 Å². The quantitative estimate of drug-likeness (QED) is 0.812. The van der Waals surface area contributed by atoms with E-state index in [0.29, 0.717) is 12.6 Å². The van der Waals surface area contributed by atoms with Gasteiger partial charge in [0, 0.05) is 37.2 Å². The van der Waals surface area contributed by atoms with E-state index in [2.05, 4.69) is 23.6 Å². The average Bonchev–Trinajstić information content (AvgIpc) is 2.45. The molecule has 1 aliphatic heterocycles. The van der Waals surface area contributed by atoms with E-state index in [-0.39, 0.29) is 0 Å². The van der Waals surface area contributed by atoms with E-state index in [9.17, 15) is 0 Å². The maximum Gasteiger partial charge on any atom is 0.119 e. The van der Waals surface area contributed by atoms with Gasteiger partial charge in [-0.25, -0.2) is 0 Å². The molecule has 1 heterocycles. The van der Waals surface area contributed by atoms with E-state index in [1.54, 1.807) is 0 Å². The lowest BCUT2D eigenvalue weighted by Gasteiger charge is -2.32. The highest BCUT2D eigenvalue weighted by atomic mass is 32.2. The summed E-state index contributed by atoms with van der Waals surface area (Å²) in [6, 6.07) is 8.76. The third kappa shape index (κ3) is 4.71. The minimum atomic E-state index is 0.570. The predicted molar refractivity (Wildman–Crippen MR) is 82.8 cm³/mol. The van der Waals surface area contributed by atoms with E-state index < -0.39 is 0 Å². The van der Waals surface area contributed by atoms with Crippen LogP contribution in [0.15, 0.2) is 24.3 Å². The molecule has 2 rings (SSSR count). The van der Waals surface area contributed by atoms with Crippen LogP contribution in [-0.4, -0.2) is 42.1 Å². The third-order valence-electron chi connectivity index (χ3n) is 3.50. The fourth-order valence-corrected chi connectivity index (χ4v) is 3.40. The maximum absolute atomic E-state index is 5.79. The molecule has 19 heavy (non-hydrogen) atoms. The summed E-state index contributed by atoms with van der Waals surface area (Å²) in [7, 11) is 0.